The molecule has 0 radical (unpaired) electrons. The van der Waals surface area contributed by atoms with E-state index in [-0.39, 0.29) is 11.8 Å². The van der Waals surface area contributed by atoms with Crippen molar-refractivity contribution in [3.63, 3.8) is 0 Å². The average molecular weight is 425 g/mol. The molecule has 1 aromatic heterocycles. The number of nitrogens with one attached hydrogen (secondary N) is 1. The highest BCUT2D eigenvalue weighted by atomic mass is 35.5. The summed E-state index contributed by atoms with van der Waals surface area (Å²) >= 11 is 6.18. The summed E-state index contributed by atoms with van der Waals surface area (Å²) in [7, 11) is 0. The van der Waals surface area contributed by atoms with Gasteiger partial charge in [-0.3, -0.25) is 9.69 Å². The molecule has 1 fully saturated rings. The number of aromatic nitrogens is 2. The number of nitrogens with zero attached hydrogens (tertiary/aromatic N) is 3. The zero-order chi connectivity index (χ0) is 20.9. The fourth-order valence-electron chi connectivity index (χ4n) is 3.83. The Hall–Kier alpha value is -2.70. The van der Waals surface area contributed by atoms with Crippen molar-refractivity contribution in [2.45, 2.75) is 32.9 Å². The molecule has 1 atom stereocenters. The Morgan fingerprint density at radius 2 is 2.03 bits per heavy atom. The first-order chi connectivity index (χ1) is 14.6. The molecule has 1 aliphatic rings. The molecule has 1 aliphatic heterocycles. The van der Waals surface area contributed by atoms with Gasteiger partial charge < -0.3 is 9.84 Å². The second-order valence-electron chi connectivity index (χ2n) is 7.71. The van der Waals surface area contributed by atoms with Gasteiger partial charge in [0.15, 0.2) is 0 Å². The molecule has 3 aromatic rings. The van der Waals surface area contributed by atoms with Crippen LogP contribution in [0, 0.1) is 12.8 Å². The van der Waals surface area contributed by atoms with E-state index in [1.54, 1.807) is 0 Å². The second kappa shape index (κ2) is 9.41. The maximum absolute atomic E-state index is 12.7. The van der Waals surface area contributed by atoms with E-state index < -0.39 is 0 Å². The van der Waals surface area contributed by atoms with E-state index in [4.69, 9.17) is 16.1 Å². The number of halogens is 1. The third-order valence-electron chi connectivity index (χ3n) is 5.50. The van der Waals surface area contributed by atoms with Crippen molar-refractivity contribution in [1.29, 1.82) is 0 Å². The van der Waals surface area contributed by atoms with Crippen molar-refractivity contribution in [2.75, 3.05) is 13.1 Å². The van der Waals surface area contributed by atoms with Gasteiger partial charge in [0, 0.05) is 23.7 Å². The summed E-state index contributed by atoms with van der Waals surface area (Å²) in [6.07, 6.45) is 1.84. The van der Waals surface area contributed by atoms with Crippen molar-refractivity contribution in [3.8, 4) is 11.4 Å². The first kappa shape index (κ1) is 20.6. The summed E-state index contributed by atoms with van der Waals surface area (Å²) in [6, 6.07) is 15.5. The number of piperidine rings is 1. The summed E-state index contributed by atoms with van der Waals surface area (Å²) in [5.41, 5.74) is 3.01. The molecule has 0 saturated carbocycles. The van der Waals surface area contributed by atoms with Gasteiger partial charge in [-0.25, -0.2) is 0 Å². The lowest BCUT2D eigenvalue weighted by Crippen LogP contribution is -2.42. The van der Waals surface area contributed by atoms with Crippen molar-refractivity contribution in [1.82, 2.24) is 20.4 Å². The molecule has 2 heterocycles. The van der Waals surface area contributed by atoms with Gasteiger partial charge in [0.2, 0.25) is 17.6 Å². The fraction of sp³-hybridized carbons (Fsp3) is 0.348. The molecule has 156 valence electrons. The zero-order valence-electron chi connectivity index (χ0n) is 17.0. The Labute approximate surface area is 181 Å². The largest absolute Gasteiger partial charge is 0.352 e. The van der Waals surface area contributed by atoms with Gasteiger partial charge in [0.25, 0.3) is 0 Å². The van der Waals surface area contributed by atoms with Crippen LogP contribution in [0.5, 0.6) is 0 Å². The van der Waals surface area contributed by atoms with Crippen LogP contribution in [0.4, 0.5) is 0 Å². The van der Waals surface area contributed by atoms with E-state index >= 15 is 0 Å². The summed E-state index contributed by atoms with van der Waals surface area (Å²) in [5.74, 6) is 1.19. The van der Waals surface area contributed by atoms with Crippen LogP contribution in [-0.4, -0.2) is 34.0 Å². The SMILES string of the molecule is Cc1ccccc1-c1noc(CN2CCCC(C(=O)NCc3ccccc3Cl)C2)n1. The van der Waals surface area contributed by atoms with Gasteiger partial charge >= 0.3 is 0 Å². The quantitative estimate of drug-likeness (QED) is 0.641. The maximum atomic E-state index is 12.7. The normalized spacial score (nSPS) is 17.1. The topological polar surface area (TPSA) is 71.3 Å². The van der Waals surface area contributed by atoms with Crippen LogP contribution in [0.1, 0.15) is 29.9 Å². The molecule has 30 heavy (non-hydrogen) atoms. The van der Waals surface area contributed by atoms with Gasteiger partial charge in [0.05, 0.1) is 12.5 Å². The lowest BCUT2D eigenvalue weighted by Gasteiger charge is -2.30. The van der Waals surface area contributed by atoms with Crippen molar-refractivity contribution < 1.29 is 9.32 Å². The lowest BCUT2D eigenvalue weighted by molar-refractivity contribution is -0.127. The van der Waals surface area contributed by atoms with Gasteiger partial charge in [0.1, 0.15) is 0 Å². The number of rotatable bonds is 6. The lowest BCUT2D eigenvalue weighted by atomic mass is 9.97. The average Bonchev–Trinajstić information content (AvgIpc) is 3.21. The first-order valence-corrected chi connectivity index (χ1v) is 10.6. The van der Waals surface area contributed by atoms with Crippen LogP contribution < -0.4 is 5.32 Å². The number of carbonyl (C=O) groups excluding carboxylic acids is 1. The third-order valence-corrected chi connectivity index (χ3v) is 5.87. The molecule has 1 amide bonds. The number of carbonyl (C=O) groups is 1. The Balaban J connectivity index is 1.33. The highest BCUT2D eigenvalue weighted by Gasteiger charge is 2.27. The zero-order valence-corrected chi connectivity index (χ0v) is 17.7. The molecule has 1 saturated heterocycles. The van der Waals surface area contributed by atoms with E-state index in [0.29, 0.717) is 36.4 Å². The van der Waals surface area contributed by atoms with Gasteiger partial charge in [-0.1, -0.05) is 59.2 Å². The van der Waals surface area contributed by atoms with Crippen molar-refractivity contribution in [2.24, 2.45) is 5.92 Å². The smallest absolute Gasteiger partial charge is 0.241 e. The minimum Gasteiger partial charge on any atom is -0.352 e. The molecular formula is C23H25ClN4O2. The molecule has 1 unspecified atom stereocenters. The number of hydrogen-bond acceptors (Lipinski definition) is 5. The summed E-state index contributed by atoms with van der Waals surface area (Å²) in [6.45, 7) is 4.61. The molecule has 1 N–H and O–H groups in total. The third kappa shape index (κ3) is 4.89. The van der Waals surface area contributed by atoms with Crippen LogP contribution >= 0.6 is 11.6 Å². The molecule has 0 bridgehead atoms. The Bertz CT molecular complexity index is 1020. The second-order valence-corrected chi connectivity index (χ2v) is 8.12. The van der Waals surface area contributed by atoms with E-state index in [9.17, 15) is 4.79 Å². The minimum atomic E-state index is -0.0556. The Morgan fingerprint density at radius 3 is 2.87 bits per heavy atom. The van der Waals surface area contributed by atoms with Crippen molar-refractivity contribution >= 4 is 17.5 Å². The number of hydrogen-bond donors (Lipinski definition) is 1. The highest BCUT2D eigenvalue weighted by Crippen LogP contribution is 2.22. The number of likely N-dealkylation sites (tertiary alicyclic amines) is 1. The van der Waals surface area contributed by atoms with Gasteiger partial charge in [-0.15, -0.1) is 0 Å². The van der Waals surface area contributed by atoms with E-state index in [0.717, 1.165) is 36.1 Å². The van der Waals surface area contributed by atoms with Crippen LogP contribution in [0.15, 0.2) is 53.1 Å². The van der Waals surface area contributed by atoms with Crippen LogP contribution in [0.2, 0.25) is 5.02 Å². The number of benzene rings is 2. The molecule has 0 spiro atoms. The maximum Gasteiger partial charge on any atom is 0.241 e. The predicted octanol–water partition coefficient (Wildman–Crippen LogP) is 4.23. The van der Waals surface area contributed by atoms with Crippen molar-refractivity contribution in [3.05, 3.63) is 70.6 Å². The van der Waals surface area contributed by atoms with Crippen LogP contribution in [0.3, 0.4) is 0 Å². The summed E-state index contributed by atoms with van der Waals surface area (Å²) in [5, 5.41) is 7.83. The van der Waals surface area contributed by atoms with Gasteiger partial charge in [-0.05, 0) is 43.5 Å². The number of aryl methyl sites for hydroxylation is 1. The molecule has 6 nitrogen and oxygen atoms in total. The Morgan fingerprint density at radius 1 is 1.23 bits per heavy atom. The standard InChI is InChI=1S/C23H25ClN4O2/c1-16-7-2-4-10-19(16)22-26-21(30-27-22)15-28-12-6-9-18(14-28)23(29)25-13-17-8-3-5-11-20(17)24/h2-5,7-8,10-11,18H,6,9,12-15H2,1H3,(H,25,29). The first-order valence-electron chi connectivity index (χ1n) is 10.2. The van der Waals surface area contributed by atoms with Crippen LogP contribution in [0.25, 0.3) is 11.4 Å². The predicted molar refractivity (Wildman–Crippen MR) is 116 cm³/mol. The number of amides is 1. The summed E-state index contributed by atoms with van der Waals surface area (Å²) in [4.78, 5) is 19.4. The molecule has 4 rings (SSSR count). The van der Waals surface area contributed by atoms with Crippen LogP contribution in [-0.2, 0) is 17.9 Å². The fourth-order valence-corrected chi connectivity index (χ4v) is 4.03. The van der Waals surface area contributed by atoms with E-state index in [1.807, 2.05) is 55.5 Å². The van der Waals surface area contributed by atoms with E-state index in [1.165, 1.54) is 0 Å². The van der Waals surface area contributed by atoms with Gasteiger partial charge in [-0.2, -0.15) is 4.98 Å². The highest BCUT2D eigenvalue weighted by molar-refractivity contribution is 6.31. The molecule has 7 heteroatoms. The van der Waals surface area contributed by atoms with E-state index in [2.05, 4.69) is 20.4 Å². The molecule has 0 aliphatic carbocycles. The minimum absolute atomic E-state index is 0.0556. The Kier molecular flexibility index (Phi) is 6.45. The molecular weight excluding hydrogens is 400 g/mol. The molecule has 2 aromatic carbocycles. The monoisotopic (exact) mass is 424 g/mol. The summed E-state index contributed by atoms with van der Waals surface area (Å²) < 4.78 is 5.47.